The zero-order chi connectivity index (χ0) is 12.3. The molecule has 2 aromatic carbocycles. The van der Waals surface area contributed by atoms with Gasteiger partial charge in [-0.3, -0.25) is 0 Å². The van der Waals surface area contributed by atoms with Crippen LogP contribution in [0.25, 0.3) is 12.2 Å². The van der Waals surface area contributed by atoms with Crippen LogP contribution in [0.2, 0.25) is 0 Å². The van der Waals surface area contributed by atoms with E-state index in [0.29, 0.717) is 0 Å². The van der Waals surface area contributed by atoms with E-state index in [1.54, 1.807) is 12.1 Å². The van der Waals surface area contributed by atoms with Crippen molar-refractivity contribution < 1.29 is 10.2 Å². The highest BCUT2D eigenvalue weighted by Crippen LogP contribution is 2.21. The lowest BCUT2D eigenvalue weighted by Gasteiger charge is -1.98. The van der Waals surface area contributed by atoms with Gasteiger partial charge in [-0.15, -0.1) is 0 Å². The topological polar surface area (TPSA) is 40.5 Å². The van der Waals surface area contributed by atoms with Crippen molar-refractivity contribution in [3.8, 4) is 11.5 Å². The van der Waals surface area contributed by atoms with Crippen molar-refractivity contribution in [3.63, 3.8) is 0 Å². The fraction of sp³-hybridized carbons (Fsp3) is 0.0667. The molecule has 0 saturated heterocycles. The fourth-order valence-electron chi connectivity index (χ4n) is 1.58. The van der Waals surface area contributed by atoms with Crippen molar-refractivity contribution >= 4 is 12.2 Å². The van der Waals surface area contributed by atoms with Gasteiger partial charge in [-0.05, 0) is 30.2 Å². The summed E-state index contributed by atoms with van der Waals surface area (Å²) in [5.74, 6) is 0.127. The third-order valence-corrected chi connectivity index (χ3v) is 2.47. The van der Waals surface area contributed by atoms with Gasteiger partial charge in [0, 0.05) is 6.07 Å². The van der Waals surface area contributed by atoms with E-state index in [2.05, 4.69) is 0 Å². The van der Waals surface area contributed by atoms with Crippen LogP contribution in [0.15, 0.2) is 42.5 Å². The van der Waals surface area contributed by atoms with Crippen LogP contribution < -0.4 is 0 Å². The molecule has 0 aliphatic rings. The average Bonchev–Trinajstić information content (AvgIpc) is 2.27. The van der Waals surface area contributed by atoms with Crippen LogP contribution >= 0.6 is 0 Å². The highest BCUT2D eigenvalue weighted by molar-refractivity contribution is 5.70. The van der Waals surface area contributed by atoms with Crippen molar-refractivity contribution in [2.75, 3.05) is 0 Å². The van der Waals surface area contributed by atoms with Crippen molar-refractivity contribution in [1.82, 2.24) is 0 Å². The molecule has 0 heterocycles. The average molecular weight is 226 g/mol. The Kier molecular flexibility index (Phi) is 3.15. The van der Waals surface area contributed by atoms with Crippen LogP contribution in [0.4, 0.5) is 0 Å². The molecular weight excluding hydrogens is 212 g/mol. The molecule has 0 fully saturated rings. The van der Waals surface area contributed by atoms with E-state index in [1.165, 1.54) is 11.6 Å². The van der Waals surface area contributed by atoms with Gasteiger partial charge in [0.1, 0.15) is 11.5 Å². The summed E-state index contributed by atoms with van der Waals surface area (Å²) in [5, 5.41) is 18.7. The van der Waals surface area contributed by atoms with Gasteiger partial charge >= 0.3 is 0 Å². The molecule has 86 valence electrons. The molecule has 0 aliphatic heterocycles. The maximum absolute atomic E-state index is 9.33. The van der Waals surface area contributed by atoms with Crippen molar-refractivity contribution in [3.05, 3.63) is 59.2 Å². The molecule has 0 amide bonds. The highest BCUT2D eigenvalue weighted by atomic mass is 16.3. The normalized spacial score (nSPS) is 10.9. The smallest absolute Gasteiger partial charge is 0.119 e. The Hall–Kier alpha value is -2.22. The summed E-state index contributed by atoms with van der Waals surface area (Å²) in [7, 11) is 0. The second-order valence-corrected chi connectivity index (χ2v) is 4.03. The molecule has 0 spiro atoms. The van der Waals surface area contributed by atoms with E-state index in [0.717, 1.165) is 11.1 Å². The van der Waals surface area contributed by atoms with Crippen molar-refractivity contribution in [2.45, 2.75) is 6.92 Å². The summed E-state index contributed by atoms with van der Waals surface area (Å²) in [5.41, 5.74) is 3.07. The Bertz CT molecular complexity index is 519. The van der Waals surface area contributed by atoms with Crippen LogP contribution in [0.5, 0.6) is 11.5 Å². The molecule has 0 aliphatic carbocycles. The van der Waals surface area contributed by atoms with Crippen LogP contribution in [0, 0.1) is 6.92 Å². The molecule has 0 aromatic heterocycles. The predicted molar refractivity (Wildman–Crippen MR) is 69.9 cm³/mol. The number of aromatic hydroxyl groups is 2. The van der Waals surface area contributed by atoms with Gasteiger partial charge in [-0.25, -0.2) is 0 Å². The Morgan fingerprint density at radius 1 is 0.765 bits per heavy atom. The molecule has 0 atom stereocenters. The van der Waals surface area contributed by atoms with E-state index in [1.807, 2.05) is 43.3 Å². The van der Waals surface area contributed by atoms with Gasteiger partial charge in [0.05, 0.1) is 0 Å². The standard InChI is InChI=1S/C15H14O2/c1-11-2-4-12(5-3-11)6-7-13-8-14(16)10-15(17)9-13/h2-10,16-17H,1H3. The molecule has 0 unspecified atom stereocenters. The third kappa shape index (κ3) is 3.11. The van der Waals surface area contributed by atoms with E-state index >= 15 is 0 Å². The molecule has 2 heteroatoms. The predicted octanol–water partition coefficient (Wildman–Crippen LogP) is 3.58. The molecule has 0 bridgehead atoms. The molecule has 17 heavy (non-hydrogen) atoms. The molecule has 2 nitrogen and oxygen atoms in total. The largest absolute Gasteiger partial charge is 0.508 e. The molecule has 0 radical (unpaired) electrons. The molecule has 0 saturated carbocycles. The van der Waals surface area contributed by atoms with Crippen LogP contribution in [0.3, 0.4) is 0 Å². The lowest BCUT2D eigenvalue weighted by Crippen LogP contribution is -1.75. The van der Waals surface area contributed by atoms with Gasteiger partial charge in [0.15, 0.2) is 0 Å². The Labute approximate surface area is 100 Å². The van der Waals surface area contributed by atoms with Crippen LogP contribution in [0.1, 0.15) is 16.7 Å². The van der Waals surface area contributed by atoms with E-state index in [4.69, 9.17) is 0 Å². The van der Waals surface area contributed by atoms with E-state index in [-0.39, 0.29) is 11.5 Å². The maximum atomic E-state index is 9.33. The number of hydrogen-bond donors (Lipinski definition) is 2. The van der Waals surface area contributed by atoms with Crippen molar-refractivity contribution in [2.24, 2.45) is 0 Å². The monoisotopic (exact) mass is 226 g/mol. The summed E-state index contributed by atoms with van der Waals surface area (Å²) in [6.07, 6.45) is 3.79. The summed E-state index contributed by atoms with van der Waals surface area (Å²) < 4.78 is 0. The van der Waals surface area contributed by atoms with Crippen LogP contribution in [-0.2, 0) is 0 Å². The zero-order valence-electron chi connectivity index (χ0n) is 9.59. The van der Waals surface area contributed by atoms with Gasteiger partial charge in [-0.2, -0.15) is 0 Å². The Balaban J connectivity index is 2.22. The van der Waals surface area contributed by atoms with Gasteiger partial charge in [-0.1, -0.05) is 42.0 Å². The SMILES string of the molecule is Cc1ccc(C=Cc2cc(O)cc(O)c2)cc1. The summed E-state index contributed by atoms with van der Waals surface area (Å²) in [6, 6.07) is 12.6. The number of hydrogen-bond acceptors (Lipinski definition) is 2. The van der Waals surface area contributed by atoms with Crippen molar-refractivity contribution in [1.29, 1.82) is 0 Å². The number of aryl methyl sites for hydroxylation is 1. The first-order valence-electron chi connectivity index (χ1n) is 5.41. The fourth-order valence-corrected chi connectivity index (χ4v) is 1.58. The first kappa shape index (κ1) is 11.3. The molecule has 2 aromatic rings. The minimum absolute atomic E-state index is 0.0635. The number of phenols is 2. The zero-order valence-corrected chi connectivity index (χ0v) is 9.59. The van der Waals surface area contributed by atoms with E-state index < -0.39 is 0 Å². The Morgan fingerprint density at radius 3 is 1.88 bits per heavy atom. The third-order valence-electron chi connectivity index (χ3n) is 2.47. The lowest BCUT2D eigenvalue weighted by molar-refractivity contribution is 0.450. The number of rotatable bonds is 2. The first-order valence-corrected chi connectivity index (χ1v) is 5.41. The lowest BCUT2D eigenvalue weighted by atomic mass is 10.1. The molecule has 2 rings (SSSR count). The highest BCUT2D eigenvalue weighted by Gasteiger charge is 1.95. The van der Waals surface area contributed by atoms with Gasteiger partial charge < -0.3 is 10.2 Å². The minimum Gasteiger partial charge on any atom is -0.508 e. The summed E-state index contributed by atoms with van der Waals surface area (Å²) >= 11 is 0. The van der Waals surface area contributed by atoms with Crippen LogP contribution in [-0.4, -0.2) is 10.2 Å². The summed E-state index contributed by atoms with van der Waals surface area (Å²) in [6.45, 7) is 2.04. The quantitative estimate of drug-likeness (QED) is 0.768. The minimum atomic E-state index is 0.0635. The second-order valence-electron chi connectivity index (χ2n) is 4.03. The van der Waals surface area contributed by atoms with Gasteiger partial charge in [0.25, 0.3) is 0 Å². The van der Waals surface area contributed by atoms with E-state index in [9.17, 15) is 10.2 Å². The summed E-state index contributed by atoms with van der Waals surface area (Å²) in [4.78, 5) is 0. The van der Waals surface area contributed by atoms with Gasteiger partial charge in [0.2, 0.25) is 0 Å². The maximum Gasteiger partial charge on any atom is 0.119 e. The molecular formula is C15H14O2. The second kappa shape index (κ2) is 4.74. The number of phenolic OH excluding ortho intramolecular Hbond substituents is 2. The molecule has 2 N–H and O–H groups in total. The Morgan fingerprint density at radius 2 is 1.29 bits per heavy atom. The number of benzene rings is 2. The first-order chi connectivity index (χ1) is 8.13.